The molecule has 0 fully saturated rings. The maximum Gasteiger partial charge on any atom is 0.303 e. The third-order valence-electron chi connectivity index (χ3n) is 2.51. The first kappa shape index (κ1) is 14.9. The number of nitro groups is 1. The van der Waals surface area contributed by atoms with Crippen molar-refractivity contribution in [1.29, 1.82) is 0 Å². The highest BCUT2D eigenvalue weighted by Crippen LogP contribution is 2.21. The van der Waals surface area contributed by atoms with E-state index in [4.69, 9.17) is 5.11 Å². The van der Waals surface area contributed by atoms with E-state index < -0.39 is 10.9 Å². The molecule has 2 aromatic rings. The van der Waals surface area contributed by atoms with Crippen molar-refractivity contribution < 1.29 is 14.8 Å². The lowest BCUT2D eigenvalue weighted by atomic mass is 10.3. The van der Waals surface area contributed by atoms with Gasteiger partial charge in [-0.15, -0.1) is 5.10 Å². The average Bonchev–Trinajstić information content (AvgIpc) is 2.92. The number of rotatable bonds is 7. The lowest BCUT2D eigenvalue weighted by Gasteiger charge is -2.03. The van der Waals surface area contributed by atoms with Gasteiger partial charge in [0.25, 0.3) is 5.69 Å². The summed E-state index contributed by atoms with van der Waals surface area (Å²) in [5, 5.41) is 30.9. The molecule has 1 aromatic heterocycles. The zero-order valence-corrected chi connectivity index (χ0v) is 11.6. The van der Waals surface area contributed by atoms with Gasteiger partial charge < -0.3 is 5.11 Å². The van der Waals surface area contributed by atoms with Crippen LogP contribution in [0.2, 0.25) is 0 Å². The highest BCUT2D eigenvalue weighted by atomic mass is 32.2. The minimum absolute atomic E-state index is 0.0116. The molecule has 0 aliphatic carbocycles. The third kappa shape index (κ3) is 3.99. The van der Waals surface area contributed by atoms with Gasteiger partial charge in [0.15, 0.2) is 0 Å². The Kier molecular flexibility index (Phi) is 4.82. The topological polar surface area (TPSA) is 124 Å². The summed E-state index contributed by atoms with van der Waals surface area (Å²) in [6.45, 7) is 0. The van der Waals surface area contributed by atoms with Crippen LogP contribution >= 0.6 is 11.8 Å². The van der Waals surface area contributed by atoms with Crippen molar-refractivity contribution >= 4 is 23.4 Å². The molecule has 0 unspecified atom stereocenters. The number of carboxylic acids is 1. The number of tetrazole rings is 1. The number of hydrogen-bond acceptors (Lipinski definition) is 7. The van der Waals surface area contributed by atoms with Crippen molar-refractivity contribution in [3.8, 4) is 5.69 Å². The van der Waals surface area contributed by atoms with Gasteiger partial charge in [0.1, 0.15) is 0 Å². The first-order valence-corrected chi connectivity index (χ1v) is 6.94. The molecule has 0 radical (unpaired) electrons. The van der Waals surface area contributed by atoms with Crippen LogP contribution < -0.4 is 0 Å². The number of nitro benzene ring substituents is 1. The summed E-state index contributed by atoms with van der Waals surface area (Å²) < 4.78 is 1.45. The predicted molar refractivity (Wildman–Crippen MR) is 73.4 cm³/mol. The zero-order chi connectivity index (χ0) is 15.2. The molecule has 0 bridgehead atoms. The van der Waals surface area contributed by atoms with Crippen LogP contribution in [-0.4, -0.2) is 42.0 Å². The molecule has 9 nitrogen and oxygen atoms in total. The molecular weight excluding hydrogens is 298 g/mol. The number of carboxylic acid groups (broad SMARTS) is 1. The number of benzene rings is 1. The third-order valence-corrected chi connectivity index (χ3v) is 3.52. The van der Waals surface area contributed by atoms with Gasteiger partial charge in [-0.1, -0.05) is 11.8 Å². The van der Waals surface area contributed by atoms with Gasteiger partial charge in [-0.25, -0.2) is 0 Å². The highest BCUT2D eigenvalue weighted by Gasteiger charge is 2.11. The summed E-state index contributed by atoms with van der Waals surface area (Å²) in [4.78, 5) is 20.5. The molecule has 0 spiro atoms. The van der Waals surface area contributed by atoms with Gasteiger partial charge in [0.05, 0.1) is 10.6 Å². The monoisotopic (exact) mass is 309 g/mol. The normalized spacial score (nSPS) is 10.5. The molecule has 0 atom stereocenters. The van der Waals surface area contributed by atoms with Crippen molar-refractivity contribution in [1.82, 2.24) is 20.2 Å². The maximum absolute atomic E-state index is 10.6. The Labute approximate surface area is 123 Å². The molecule has 10 heteroatoms. The number of hydrogen-bond donors (Lipinski definition) is 1. The molecule has 21 heavy (non-hydrogen) atoms. The lowest BCUT2D eigenvalue weighted by Crippen LogP contribution is -2.00. The van der Waals surface area contributed by atoms with Crippen LogP contribution in [0.1, 0.15) is 12.8 Å². The predicted octanol–water partition coefficient (Wildman–Crippen LogP) is 1.53. The maximum atomic E-state index is 10.6. The van der Waals surface area contributed by atoms with Crippen LogP contribution in [0.25, 0.3) is 5.69 Å². The van der Waals surface area contributed by atoms with Crippen molar-refractivity contribution in [3.05, 3.63) is 34.4 Å². The van der Waals surface area contributed by atoms with Crippen LogP contribution in [0, 0.1) is 10.1 Å². The smallest absolute Gasteiger partial charge is 0.303 e. The molecule has 0 amide bonds. The van der Waals surface area contributed by atoms with E-state index in [1.165, 1.54) is 28.6 Å². The van der Waals surface area contributed by atoms with E-state index >= 15 is 0 Å². The van der Waals surface area contributed by atoms with Crippen LogP contribution in [0.3, 0.4) is 0 Å². The second-order valence-electron chi connectivity index (χ2n) is 3.99. The fourth-order valence-electron chi connectivity index (χ4n) is 1.53. The lowest BCUT2D eigenvalue weighted by molar-refractivity contribution is -0.384. The largest absolute Gasteiger partial charge is 0.481 e. The first-order chi connectivity index (χ1) is 10.1. The van der Waals surface area contributed by atoms with Crippen LogP contribution in [-0.2, 0) is 4.79 Å². The van der Waals surface area contributed by atoms with Crippen molar-refractivity contribution in [3.63, 3.8) is 0 Å². The molecule has 0 saturated carbocycles. The quantitative estimate of drug-likeness (QED) is 0.353. The second kappa shape index (κ2) is 6.79. The minimum Gasteiger partial charge on any atom is -0.481 e. The highest BCUT2D eigenvalue weighted by molar-refractivity contribution is 7.99. The van der Waals surface area contributed by atoms with Gasteiger partial charge in [0.2, 0.25) is 5.16 Å². The Hall–Kier alpha value is -2.49. The Morgan fingerprint density at radius 3 is 2.71 bits per heavy atom. The summed E-state index contributed by atoms with van der Waals surface area (Å²) in [6, 6.07) is 5.84. The minimum atomic E-state index is -0.842. The van der Waals surface area contributed by atoms with E-state index in [1.54, 1.807) is 12.1 Å². The van der Waals surface area contributed by atoms with Gasteiger partial charge >= 0.3 is 5.97 Å². The summed E-state index contributed by atoms with van der Waals surface area (Å²) >= 11 is 1.33. The number of aromatic nitrogens is 4. The Morgan fingerprint density at radius 1 is 1.38 bits per heavy atom. The SMILES string of the molecule is O=C(O)CCCSc1nnnn1-c1ccc([N+](=O)[O-])cc1. The number of thioether (sulfide) groups is 1. The number of nitrogens with zero attached hydrogens (tertiary/aromatic N) is 5. The Balaban J connectivity index is 2.05. The van der Waals surface area contributed by atoms with Gasteiger partial charge in [0, 0.05) is 24.3 Å². The van der Waals surface area contributed by atoms with Crippen LogP contribution in [0.4, 0.5) is 5.69 Å². The number of carbonyl (C=O) groups is 1. The van der Waals surface area contributed by atoms with Gasteiger partial charge in [-0.05, 0) is 29.0 Å². The number of non-ortho nitro benzene ring substituents is 1. The molecule has 110 valence electrons. The fourth-order valence-corrected chi connectivity index (χ4v) is 2.36. The summed E-state index contributed by atoms with van der Waals surface area (Å²) in [5.74, 6) is -0.273. The molecule has 2 rings (SSSR count). The van der Waals surface area contributed by atoms with E-state index in [1.807, 2.05) is 0 Å². The van der Waals surface area contributed by atoms with Crippen LogP contribution in [0.15, 0.2) is 29.4 Å². The molecule has 1 aromatic carbocycles. The van der Waals surface area contributed by atoms with E-state index in [-0.39, 0.29) is 12.1 Å². The molecule has 1 heterocycles. The molecule has 0 saturated heterocycles. The van der Waals surface area contributed by atoms with Crippen molar-refractivity contribution in [2.24, 2.45) is 0 Å². The molecule has 1 N–H and O–H groups in total. The molecule has 0 aliphatic heterocycles. The van der Waals surface area contributed by atoms with E-state index in [0.717, 1.165) is 0 Å². The van der Waals surface area contributed by atoms with Gasteiger partial charge in [-0.2, -0.15) is 4.68 Å². The van der Waals surface area contributed by atoms with Crippen LogP contribution in [0.5, 0.6) is 0 Å². The Bertz CT molecular complexity index is 642. The van der Waals surface area contributed by atoms with Crippen molar-refractivity contribution in [2.75, 3.05) is 5.75 Å². The summed E-state index contributed by atoms with van der Waals surface area (Å²) in [6.07, 6.45) is 0.596. The van der Waals surface area contributed by atoms with E-state index in [2.05, 4.69) is 15.5 Å². The summed E-state index contributed by atoms with van der Waals surface area (Å²) in [7, 11) is 0. The van der Waals surface area contributed by atoms with Gasteiger partial charge in [-0.3, -0.25) is 14.9 Å². The summed E-state index contributed by atoms with van der Waals surface area (Å²) in [5.41, 5.74) is 0.592. The average molecular weight is 309 g/mol. The van der Waals surface area contributed by atoms with E-state index in [0.29, 0.717) is 23.0 Å². The molecular formula is C11H11N5O4S. The molecule has 0 aliphatic rings. The fraction of sp³-hybridized carbons (Fsp3) is 0.273. The first-order valence-electron chi connectivity index (χ1n) is 5.96. The zero-order valence-electron chi connectivity index (χ0n) is 10.7. The Morgan fingerprint density at radius 2 is 2.10 bits per heavy atom. The standard InChI is InChI=1S/C11H11N5O4S/c17-10(18)2-1-7-21-11-12-13-14-15(11)8-3-5-9(6-4-8)16(19)20/h3-6H,1-2,7H2,(H,17,18). The number of aliphatic carboxylic acids is 1. The van der Waals surface area contributed by atoms with Crippen molar-refractivity contribution in [2.45, 2.75) is 18.0 Å². The second-order valence-corrected chi connectivity index (χ2v) is 5.05. The van der Waals surface area contributed by atoms with E-state index in [9.17, 15) is 14.9 Å².